The Morgan fingerprint density at radius 2 is 2.14 bits per heavy atom. The Bertz CT molecular complexity index is 624. The number of anilines is 1. The molecule has 5 nitrogen and oxygen atoms in total. The summed E-state index contributed by atoms with van der Waals surface area (Å²) in [7, 11) is 0. The van der Waals surface area contributed by atoms with Crippen molar-refractivity contribution in [3.63, 3.8) is 0 Å². The Labute approximate surface area is 152 Å². The lowest BCUT2D eigenvalue weighted by atomic mass is 10.1. The van der Waals surface area contributed by atoms with E-state index in [0.29, 0.717) is 18.4 Å². The third-order valence-electron chi connectivity index (χ3n) is 2.97. The first-order valence-corrected chi connectivity index (χ1v) is 7.88. The summed E-state index contributed by atoms with van der Waals surface area (Å²) in [6, 6.07) is 8.15. The van der Waals surface area contributed by atoms with Crippen LogP contribution in [-0.2, 0) is 13.0 Å². The SMILES string of the molecule is CCc1cccc(NC(N)=NCc2nnc(C(C)C)s2)c1.I. The van der Waals surface area contributed by atoms with Crippen molar-refractivity contribution in [1.82, 2.24) is 10.2 Å². The maximum Gasteiger partial charge on any atom is 0.193 e. The van der Waals surface area contributed by atoms with Crippen LogP contribution >= 0.6 is 35.3 Å². The van der Waals surface area contributed by atoms with Gasteiger partial charge in [0.25, 0.3) is 0 Å². The minimum Gasteiger partial charge on any atom is -0.370 e. The lowest BCUT2D eigenvalue weighted by Gasteiger charge is -2.06. The summed E-state index contributed by atoms with van der Waals surface area (Å²) < 4.78 is 0. The molecule has 2 rings (SSSR count). The smallest absolute Gasteiger partial charge is 0.193 e. The largest absolute Gasteiger partial charge is 0.370 e. The van der Waals surface area contributed by atoms with Gasteiger partial charge in [-0.3, -0.25) is 0 Å². The second-order valence-corrected chi connectivity index (χ2v) is 6.16. The average Bonchev–Trinajstić information content (AvgIpc) is 2.94. The van der Waals surface area contributed by atoms with E-state index in [2.05, 4.69) is 53.4 Å². The summed E-state index contributed by atoms with van der Waals surface area (Å²) in [6.45, 7) is 6.78. The van der Waals surface area contributed by atoms with Gasteiger partial charge in [0.15, 0.2) is 5.96 Å². The van der Waals surface area contributed by atoms with Crippen LogP contribution in [0, 0.1) is 0 Å². The number of benzene rings is 1. The number of aromatic nitrogens is 2. The van der Waals surface area contributed by atoms with Crippen molar-refractivity contribution in [1.29, 1.82) is 0 Å². The number of rotatable bonds is 5. The van der Waals surface area contributed by atoms with Crippen LogP contribution in [0.5, 0.6) is 0 Å². The van der Waals surface area contributed by atoms with Gasteiger partial charge in [0, 0.05) is 11.6 Å². The molecule has 1 aromatic carbocycles. The molecule has 0 spiro atoms. The van der Waals surface area contributed by atoms with Crippen LogP contribution in [0.1, 0.15) is 42.3 Å². The Morgan fingerprint density at radius 1 is 1.36 bits per heavy atom. The highest BCUT2D eigenvalue weighted by Crippen LogP contribution is 2.19. The number of nitrogens with two attached hydrogens (primary N) is 1. The van der Waals surface area contributed by atoms with E-state index >= 15 is 0 Å². The first kappa shape index (κ1) is 18.8. The van der Waals surface area contributed by atoms with Gasteiger partial charge in [-0.25, -0.2) is 4.99 Å². The molecule has 7 heteroatoms. The predicted octanol–water partition coefficient (Wildman–Crippen LogP) is 3.77. The van der Waals surface area contributed by atoms with Crippen LogP contribution < -0.4 is 11.1 Å². The normalized spacial score (nSPS) is 11.4. The van der Waals surface area contributed by atoms with E-state index in [-0.39, 0.29) is 24.0 Å². The molecule has 1 aromatic heterocycles. The second-order valence-electron chi connectivity index (χ2n) is 5.07. The maximum atomic E-state index is 5.91. The first-order chi connectivity index (χ1) is 10.1. The average molecular weight is 431 g/mol. The predicted molar refractivity (Wildman–Crippen MR) is 104 cm³/mol. The number of aliphatic imine (C=N–C) groups is 1. The van der Waals surface area contributed by atoms with E-state index in [1.165, 1.54) is 5.56 Å². The third-order valence-corrected chi connectivity index (χ3v) is 4.18. The molecule has 0 saturated heterocycles. The quantitative estimate of drug-likeness (QED) is 0.429. The highest BCUT2D eigenvalue weighted by atomic mass is 127. The highest BCUT2D eigenvalue weighted by molar-refractivity contribution is 14.0. The van der Waals surface area contributed by atoms with Crippen LogP contribution in [0.4, 0.5) is 5.69 Å². The monoisotopic (exact) mass is 431 g/mol. The number of nitrogens with zero attached hydrogens (tertiary/aromatic N) is 3. The van der Waals surface area contributed by atoms with Crippen LogP contribution in [0.3, 0.4) is 0 Å². The van der Waals surface area contributed by atoms with Gasteiger partial charge in [-0.05, 0) is 24.1 Å². The number of nitrogens with one attached hydrogen (secondary N) is 1. The summed E-state index contributed by atoms with van der Waals surface area (Å²) in [5.41, 5.74) is 8.12. The van der Waals surface area contributed by atoms with Crippen molar-refractivity contribution in [2.75, 3.05) is 5.32 Å². The minimum absolute atomic E-state index is 0. The molecule has 0 saturated carbocycles. The first-order valence-electron chi connectivity index (χ1n) is 7.06. The third kappa shape index (κ3) is 5.53. The molecule has 1 heterocycles. The second kappa shape index (κ2) is 9.04. The topological polar surface area (TPSA) is 76.2 Å². The Morgan fingerprint density at radius 3 is 2.77 bits per heavy atom. The van der Waals surface area contributed by atoms with Gasteiger partial charge in [0.1, 0.15) is 10.0 Å². The van der Waals surface area contributed by atoms with Crippen LogP contribution in [0.25, 0.3) is 0 Å². The van der Waals surface area contributed by atoms with Crippen LogP contribution in [0.15, 0.2) is 29.3 Å². The molecule has 0 aliphatic rings. The summed E-state index contributed by atoms with van der Waals surface area (Å²) >= 11 is 1.58. The highest BCUT2D eigenvalue weighted by Gasteiger charge is 2.07. The van der Waals surface area contributed by atoms with E-state index < -0.39 is 0 Å². The number of halogens is 1. The van der Waals surface area contributed by atoms with Gasteiger partial charge in [-0.1, -0.05) is 44.2 Å². The van der Waals surface area contributed by atoms with E-state index in [0.717, 1.165) is 22.1 Å². The van der Waals surface area contributed by atoms with E-state index in [4.69, 9.17) is 5.73 Å². The van der Waals surface area contributed by atoms with Crippen molar-refractivity contribution in [3.05, 3.63) is 39.8 Å². The molecule has 0 bridgehead atoms. The standard InChI is InChI=1S/C15H21N5S.HI/c1-4-11-6-5-7-12(8-11)18-15(16)17-9-13-19-20-14(21-13)10(2)3;/h5-8,10H,4,9H2,1-3H3,(H3,16,17,18);1H. The van der Waals surface area contributed by atoms with E-state index in [1.807, 2.05) is 12.1 Å². The molecule has 0 aliphatic heterocycles. The summed E-state index contributed by atoms with van der Waals surface area (Å²) in [5, 5.41) is 13.3. The number of aryl methyl sites for hydroxylation is 1. The van der Waals surface area contributed by atoms with Crippen molar-refractivity contribution in [2.45, 2.75) is 39.7 Å². The molecule has 0 radical (unpaired) electrons. The fraction of sp³-hybridized carbons (Fsp3) is 0.400. The lowest BCUT2D eigenvalue weighted by molar-refractivity contribution is 0.816. The molecular formula is C15H22IN5S. The van der Waals surface area contributed by atoms with Crippen LogP contribution in [0.2, 0.25) is 0 Å². The number of guanidine groups is 1. The Hall–Kier alpha value is -1.22. The molecule has 120 valence electrons. The zero-order valence-corrected chi connectivity index (χ0v) is 16.2. The molecule has 0 fully saturated rings. The fourth-order valence-corrected chi connectivity index (χ4v) is 2.54. The molecule has 2 aromatic rings. The molecule has 3 N–H and O–H groups in total. The maximum absolute atomic E-state index is 5.91. The summed E-state index contributed by atoms with van der Waals surface area (Å²) in [5.74, 6) is 0.789. The zero-order chi connectivity index (χ0) is 15.2. The van der Waals surface area contributed by atoms with Crippen molar-refractivity contribution >= 4 is 47.0 Å². The van der Waals surface area contributed by atoms with Crippen molar-refractivity contribution in [3.8, 4) is 0 Å². The lowest BCUT2D eigenvalue weighted by Crippen LogP contribution is -2.22. The van der Waals surface area contributed by atoms with Gasteiger partial charge in [0.05, 0.1) is 6.54 Å². The Kier molecular flexibility index (Phi) is 7.74. The van der Waals surface area contributed by atoms with Crippen molar-refractivity contribution < 1.29 is 0 Å². The zero-order valence-electron chi connectivity index (χ0n) is 13.0. The van der Waals surface area contributed by atoms with Gasteiger partial charge >= 0.3 is 0 Å². The molecule has 0 atom stereocenters. The van der Waals surface area contributed by atoms with Gasteiger partial charge < -0.3 is 11.1 Å². The van der Waals surface area contributed by atoms with Crippen molar-refractivity contribution in [2.24, 2.45) is 10.7 Å². The minimum atomic E-state index is 0. The van der Waals surface area contributed by atoms with Gasteiger partial charge in [-0.15, -0.1) is 34.2 Å². The van der Waals surface area contributed by atoms with Crippen LogP contribution in [-0.4, -0.2) is 16.2 Å². The Balaban J connectivity index is 0.00000242. The molecule has 0 aliphatic carbocycles. The molecule has 0 unspecified atom stereocenters. The molecule has 22 heavy (non-hydrogen) atoms. The summed E-state index contributed by atoms with van der Waals surface area (Å²) in [6.07, 6.45) is 0.995. The number of hydrogen-bond acceptors (Lipinski definition) is 4. The number of hydrogen-bond donors (Lipinski definition) is 2. The fourth-order valence-electron chi connectivity index (χ4n) is 1.77. The van der Waals surface area contributed by atoms with E-state index in [1.54, 1.807) is 11.3 Å². The molecule has 0 amide bonds. The van der Waals surface area contributed by atoms with Gasteiger partial charge in [-0.2, -0.15) is 0 Å². The van der Waals surface area contributed by atoms with E-state index in [9.17, 15) is 0 Å². The van der Waals surface area contributed by atoms with Gasteiger partial charge in [0.2, 0.25) is 0 Å². The molecular weight excluding hydrogens is 409 g/mol. The summed E-state index contributed by atoms with van der Waals surface area (Å²) in [4.78, 5) is 4.31.